The number of hydrogen-bond acceptors (Lipinski definition) is 2. The summed E-state index contributed by atoms with van der Waals surface area (Å²) in [6.45, 7) is 7.85. The Morgan fingerprint density at radius 3 is 2.41 bits per heavy atom. The Balaban J connectivity index is 2.72. The summed E-state index contributed by atoms with van der Waals surface area (Å²) in [5.41, 5.74) is 5.82. The summed E-state index contributed by atoms with van der Waals surface area (Å²) >= 11 is 0. The van der Waals surface area contributed by atoms with E-state index >= 15 is 0 Å². The molecule has 0 saturated heterocycles. The minimum absolute atomic E-state index is 0.203. The lowest BCUT2D eigenvalue weighted by Gasteiger charge is -2.34. The fourth-order valence-corrected chi connectivity index (χ4v) is 3.13. The molecule has 0 aromatic rings. The molecule has 3 heteroatoms. The van der Waals surface area contributed by atoms with E-state index in [0.717, 1.165) is 32.4 Å². The Morgan fingerprint density at radius 2 is 1.94 bits per heavy atom. The third-order valence-electron chi connectivity index (χ3n) is 4.28. The third kappa shape index (κ3) is 3.21. The second-order valence-corrected chi connectivity index (χ2v) is 5.13. The van der Waals surface area contributed by atoms with Gasteiger partial charge in [0.15, 0.2) is 0 Å². The maximum absolute atomic E-state index is 12.5. The highest BCUT2D eigenvalue weighted by Crippen LogP contribution is 2.30. The average Bonchev–Trinajstić information content (AvgIpc) is 2.80. The van der Waals surface area contributed by atoms with Crippen molar-refractivity contribution in [2.45, 2.75) is 58.9 Å². The molecule has 100 valence electrons. The lowest BCUT2D eigenvalue weighted by Crippen LogP contribution is -2.46. The number of carbonyl (C=O) groups excluding carboxylic acids is 1. The van der Waals surface area contributed by atoms with E-state index in [2.05, 4.69) is 25.7 Å². The van der Waals surface area contributed by atoms with Crippen LogP contribution in [-0.4, -0.2) is 29.9 Å². The van der Waals surface area contributed by atoms with Gasteiger partial charge in [0.25, 0.3) is 0 Å². The Bertz CT molecular complexity index is 238. The highest BCUT2D eigenvalue weighted by atomic mass is 16.2. The van der Waals surface area contributed by atoms with Crippen LogP contribution in [0.1, 0.15) is 52.9 Å². The van der Waals surface area contributed by atoms with Gasteiger partial charge in [-0.05, 0) is 45.1 Å². The molecule has 1 aliphatic carbocycles. The van der Waals surface area contributed by atoms with Gasteiger partial charge in [0, 0.05) is 18.5 Å². The molecule has 1 fully saturated rings. The second kappa shape index (κ2) is 7.00. The van der Waals surface area contributed by atoms with Crippen LogP contribution >= 0.6 is 0 Å². The highest BCUT2D eigenvalue weighted by molar-refractivity contribution is 5.79. The SMILES string of the molecule is CCC(CC)C(=O)N(CC)C1CCCC1CN. The maximum atomic E-state index is 12.5. The molecule has 0 aliphatic heterocycles. The molecule has 0 bridgehead atoms. The van der Waals surface area contributed by atoms with Crippen molar-refractivity contribution in [2.75, 3.05) is 13.1 Å². The first-order valence-electron chi connectivity index (χ1n) is 7.19. The molecule has 1 amide bonds. The Hall–Kier alpha value is -0.570. The molecule has 1 saturated carbocycles. The summed E-state index contributed by atoms with van der Waals surface area (Å²) in [7, 11) is 0. The van der Waals surface area contributed by atoms with E-state index in [9.17, 15) is 4.79 Å². The molecule has 0 spiro atoms. The second-order valence-electron chi connectivity index (χ2n) is 5.13. The monoisotopic (exact) mass is 240 g/mol. The first-order chi connectivity index (χ1) is 8.19. The van der Waals surface area contributed by atoms with Crippen molar-refractivity contribution in [2.24, 2.45) is 17.6 Å². The highest BCUT2D eigenvalue weighted by Gasteiger charge is 2.34. The standard InChI is InChI=1S/C14H28N2O/c1-4-11(5-2)14(17)16(6-3)13-9-7-8-12(13)10-15/h11-13H,4-10,15H2,1-3H3. The van der Waals surface area contributed by atoms with Crippen LogP contribution in [0.25, 0.3) is 0 Å². The third-order valence-corrected chi connectivity index (χ3v) is 4.28. The van der Waals surface area contributed by atoms with Crippen molar-refractivity contribution < 1.29 is 4.79 Å². The maximum Gasteiger partial charge on any atom is 0.225 e. The Kier molecular flexibility index (Phi) is 5.96. The van der Waals surface area contributed by atoms with Crippen LogP contribution in [0.4, 0.5) is 0 Å². The molecule has 0 aromatic carbocycles. The summed E-state index contributed by atoms with van der Waals surface area (Å²) in [4.78, 5) is 14.6. The fraction of sp³-hybridized carbons (Fsp3) is 0.929. The van der Waals surface area contributed by atoms with E-state index in [4.69, 9.17) is 5.73 Å². The van der Waals surface area contributed by atoms with Gasteiger partial charge in [-0.15, -0.1) is 0 Å². The number of amides is 1. The predicted molar refractivity (Wildman–Crippen MR) is 71.6 cm³/mol. The van der Waals surface area contributed by atoms with Gasteiger partial charge in [-0.25, -0.2) is 0 Å². The Morgan fingerprint density at radius 1 is 1.29 bits per heavy atom. The number of nitrogens with zero attached hydrogens (tertiary/aromatic N) is 1. The lowest BCUT2D eigenvalue weighted by molar-refractivity contribution is -0.138. The number of rotatable bonds is 6. The van der Waals surface area contributed by atoms with E-state index in [1.54, 1.807) is 0 Å². The smallest absolute Gasteiger partial charge is 0.225 e. The zero-order valence-corrected chi connectivity index (χ0v) is 11.6. The molecule has 2 N–H and O–H groups in total. The molecule has 0 radical (unpaired) electrons. The molecule has 1 rings (SSSR count). The minimum Gasteiger partial charge on any atom is -0.339 e. The van der Waals surface area contributed by atoms with Crippen molar-refractivity contribution in [1.29, 1.82) is 0 Å². The first-order valence-corrected chi connectivity index (χ1v) is 7.19. The van der Waals surface area contributed by atoms with Crippen molar-refractivity contribution >= 4 is 5.91 Å². The van der Waals surface area contributed by atoms with Gasteiger partial charge in [-0.2, -0.15) is 0 Å². The van der Waals surface area contributed by atoms with Gasteiger partial charge in [0.2, 0.25) is 5.91 Å². The van der Waals surface area contributed by atoms with Crippen LogP contribution in [0.5, 0.6) is 0 Å². The van der Waals surface area contributed by atoms with E-state index in [0.29, 0.717) is 17.9 Å². The summed E-state index contributed by atoms with van der Waals surface area (Å²) in [5.74, 6) is 1.07. The topological polar surface area (TPSA) is 46.3 Å². The molecular weight excluding hydrogens is 212 g/mol. The Labute approximate surface area is 106 Å². The molecule has 2 atom stereocenters. The fourth-order valence-electron chi connectivity index (χ4n) is 3.13. The van der Waals surface area contributed by atoms with Gasteiger partial charge in [-0.3, -0.25) is 4.79 Å². The minimum atomic E-state index is 0.203. The van der Waals surface area contributed by atoms with E-state index in [1.165, 1.54) is 12.8 Å². The molecule has 1 aliphatic rings. The molecule has 2 unspecified atom stereocenters. The normalized spacial score (nSPS) is 24.3. The molecule has 0 aromatic heterocycles. The van der Waals surface area contributed by atoms with Gasteiger partial charge >= 0.3 is 0 Å². The van der Waals surface area contributed by atoms with Gasteiger partial charge in [0.05, 0.1) is 0 Å². The van der Waals surface area contributed by atoms with Crippen LogP contribution in [0.2, 0.25) is 0 Å². The summed E-state index contributed by atoms with van der Waals surface area (Å²) in [6, 6.07) is 0.401. The van der Waals surface area contributed by atoms with Crippen molar-refractivity contribution in [3.63, 3.8) is 0 Å². The van der Waals surface area contributed by atoms with Crippen LogP contribution in [0, 0.1) is 11.8 Å². The van der Waals surface area contributed by atoms with E-state index in [-0.39, 0.29) is 5.92 Å². The number of carbonyl (C=O) groups is 1. The van der Waals surface area contributed by atoms with E-state index in [1.807, 2.05) is 0 Å². The first kappa shape index (κ1) is 14.5. The summed E-state index contributed by atoms with van der Waals surface area (Å²) < 4.78 is 0. The van der Waals surface area contributed by atoms with Crippen LogP contribution in [0.3, 0.4) is 0 Å². The quantitative estimate of drug-likeness (QED) is 0.775. The van der Waals surface area contributed by atoms with E-state index < -0.39 is 0 Å². The zero-order chi connectivity index (χ0) is 12.8. The van der Waals surface area contributed by atoms with Crippen molar-refractivity contribution in [3.8, 4) is 0 Å². The van der Waals surface area contributed by atoms with Gasteiger partial charge in [-0.1, -0.05) is 20.3 Å². The molecular formula is C14H28N2O. The number of nitrogens with two attached hydrogens (primary N) is 1. The van der Waals surface area contributed by atoms with Gasteiger partial charge in [0.1, 0.15) is 0 Å². The largest absolute Gasteiger partial charge is 0.339 e. The lowest BCUT2D eigenvalue weighted by atomic mass is 9.97. The summed E-state index contributed by atoms with van der Waals surface area (Å²) in [6.07, 6.45) is 5.45. The predicted octanol–water partition coefficient (Wildman–Crippen LogP) is 2.40. The zero-order valence-electron chi connectivity index (χ0n) is 11.6. The average molecular weight is 240 g/mol. The van der Waals surface area contributed by atoms with Crippen LogP contribution in [0.15, 0.2) is 0 Å². The van der Waals surface area contributed by atoms with Gasteiger partial charge < -0.3 is 10.6 Å². The number of hydrogen-bond donors (Lipinski definition) is 1. The van der Waals surface area contributed by atoms with Crippen molar-refractivity contribution in [3.05, 3.63) is 0 Å². The molecule has 3 nitrogen and oxygen atoms in total. The summed E-state index contributed by atoms with van der Waals surface area (Å²) in [5, 5.41) is 0. The molecule has 17 heavy (non-hydrogen) atoms. The van der Waals surface area contributed by atoms with Crippen LogP contribution < -0.4 is 5.73 Å². The van der Waals surface area contributed by atoms with Crippen LogP contribution in [-0.2, 0) is 4.79 Å². The molecule has 0 heterocycles. The van der Waals surface area contributed by atoms with Crippen molar-refractivity contribution in [1.82, 2.24) is 4.90 Å².